The zero-order valence-electron chi connectivity index (χ0n) is 5.84. The Bertz CT molecular complexity index is 182. The van der Waals surface area contributed by atoms with Gasteiger partial charge in [-0.1, -0.05) is 0 Å². The van der Waals surface area contributed by atoms with Crippen molar-refractivity contribution in [1.29, 1.82) is 0 Å². The van der Waals surface area contributed by atoms with Gasteiger partial charge < -0.3 is 10.8 Å². The predicted octanol–water partition coefficient (Wildman–Crippen LogP) is -0.342. The lowest BCUT2D eigenvalue weighted by molar-refractivity contribution is 0.467. The van der Waals surface area contributed by atoms with Gasteiger partial charge in [0.25, 0.3) is 0 Å². The minimum absolute atomic E-state index is 0.194. The van der Waals surface area contributed by atoms with Crippen LogP contribution in [0.1, 0.15) is 12.8 Å². The fourth-order valence-corrected chi connectivity index (χ4v) is 1.31. The van der Waals surface area contributed by atoms with Gasteiger partial charge >= 0.3 is 0 Å². The van der Waals surface area contributed by atoms with Crippen LogP contribution in [0.3, 0.4) is 0 Å². The van der Waals surface area contributed by atoms with E-state index in [1.165, 1.54) is 4.83 Å². The first-order valence-corrected chi connectivity index (χ1v) is 4.70. The van der Waals surface area contributed by atoms with Crippen LogP contribution in [0.15, 0.2) is 0 Å². The largest absolute Gasteiger partial charge is 0.774 e. The summed E-state index contributed by atoms with van der Waals surface area (Å²) in [5.74, 6) is -0.230. The van der Waals surface area contributed by atoms with Crippen LogP contribution < -0.4 is 10.4 Å². The minimum atomic E-state index is -3.54. The molecule has 0 fully saturated rings. The third-order valence-electron chi connectivity index (χ3n) is 0.994. The van der Waals surface area contributed by atoms with Gasteiger partial charge in [0.2, 0.25) is 10.0 Å². The number of hydrogen-bond acceptors (Lipinski definition) is 4. The summed E-state index contributed by atoms with van der Waals surface area (Å²) in [6.07, 6.45) is 0.410. The van der Waals surface area contributed by atoms with Crippen molar-refractivity contribution in [2.75, 3.05) is 12.4 Å². The normalized spacial score (nSPS) is 11.8. The van der Waals surface area contributed by atoms with Crippen molar-refractivity contribution >= 4 is 10.0 Å². The highest BCUT2D eigenvalue weighted by Crippen LogP contribution is 1.93. The van der Waals surface area contributed by atoms with Crippen LogP contribution in [0, 0.1) is 5.21 Å². The highest BCUT2D eigenvalue weighted by atomic mass is 32.2. The van der Waals surface area contributed by atoms with E-state index in [0.29, 0.717) is 0 Å². The smallest absolute Gasteiger partial charge is 0.223 e. The molecule has 7 heteroatoms. The van der Waals surface area contributed by atoms with Crippen molar-refractivity contribution in [2.24, 2.45) is 0 Å². The molecule has 68 valence electrons. The third kappa shape index (κ3) is 6.17. The van der Waals surface area contributed by atoms with Crippen molar-refractivity contribution in [1.82, 2.24) is 10.4 Å². The first kappa shape index (κ1) is 10.8. The number of nitrogens with one attached hydrogen (secondary N) is 2. The molecule has 0 aromatic carbocycles. The van der Waals surface area contributed by atoms with Crippen LogP contribution in [-0.4, -0.2) is 20.8 Å². The summed E-state index contributed by atoms with van der Waals surface area (Å²) in [7, 11) is -3.54. The molecule has 0 aliphatic heterocycles. The molecule has 0 rings (SSSR count). The number of unbranched alkanes of at least 4 members (excludes halogenated alkanes) is 1. The Morgan fingerprint density at radius 1 is 1.36 bits per heavy atom. The van der Waals surface area contributed by atoms with Crippen LogP contribution in [0.4, 0.5) is 4.39 Å². The molecule has 0 unspecified atom stereocenters. The van der Waals surface area contributed by atoms with Crippen molar-refractivity contribution in [3.8, 4) is 0 Å². The first-order chi connectivity index (χ1) is 5.12. The number of rotatable bonds is 6. The van der Waals surface area contributed by atoms with E-state index >= 15 is 0 Å². The van der Waals surface area contributed by atoms with Gasteiger partial charge in [-0.05, 0) is 12.8 Å². The molecule has 0 aliphatic rings. The van der Waals surface area contributed by atoms with Gasteiger partial charge in [-0.3, -0.25) is 4.39 Å². The molecular formula is C4H10FN2O3S-. The lowest BCUT2D eigenvalue weighted by Crippen LogP contribution is -2.34. The fourth-order valence-electron chi connectivity index (χ4n) is 0.501. The van der Waals surface area contributed by atoms with Gasteiger partial charge in [0, 0.05) is 0 Å². The van der Waals surface area contributed by atoms with Gasteiger partial charge in [0.15, 0.2) is 0 Å². The molecule has 2 N–H and O–H groups in total. The van der Waals surface area contributed by atoms with Gasteiger partial charge in [0.05, 0.1) is 12.4 Å². The minimum Gasteiger partial charge on any atom is -0.774 e. The molecule has 0 saturated carbocycles. The quantitative estimate of drug-likeness (QED) is 0.438. The van der Waals surface area contributed by atoms with E-state index < -0.39 is 16.7 Å². The summed E-state index contributed by atoms with van der Waals surface area (Å²) in [6, 6.07) is 0. The molecule has 0 radical (unpaired) electrons. The molecule has 11 heavy (non-hydrogen) atoms. The molecular weight excluding hydrogens is 175 g/mol. The number of hydrogen-bond donors (Lipinski definition) is 2. The number of alkyl halides is 1. The molecule has 0 aromatic heterocycles. The maximum atomic E-state index is 11.5. The Morgan fingerprint density at radius 3 is 2.45 bits per heavy atom. The van der Waals surface area contributed by atoms with E-state index in [-0.39, 0.29) is 18.6 Å². The van der Waals surface area contributed by atoms with Crippen molar-refractivity contribution < 1.29 is 12.8 Å². The number of hydrazine groups is 1. The molecule has 0 spiro atoms. The number of halogens is 1. The maximum absolute atomic E-state index is 11.5. The fraction of sp³-hybridized carbons (Fsp3) is 1.00. The van der Waals surface area contributed by atoms with E-state index in [2.05, 4.69) is 0 Å². The third-order valence-corrected chi connectivity index (χ3v) is 2.21. The standard InChI is InChI=1S/C4H10FN2O3S/c5-3-1-2-4-11(9,10)7-6-8/h6-7H,1-4H2/q-1. The monoisotopic (exact) mass is 185 g/mol. The molecule has 0 atom stereocenters. The van der Waals surface area contributed by atoms with Gasteiger partial charge in [-0.2, -0.15) is 4.83 Å². The lowest BCUT2D eigenvalue weighted by atomic mass is 10.4. The average Bonchev–Trinajstić information content (AvgIpc) is 1.87. The molecule has 0 aliphatic carbocycles. The van der Waals surface area contributed by atoms with E-state index in [0.717, 1.165) is 5.59 Å². The second-order valence-electron chi connectivity index (χ2n) is 1.92. The van der Waals surface area contributed by atoms with Gasteiger partial charge in [-0.15, -0.1) is 0 Å². The average molecular weight is 185 g/mol. The Hall–Kier alpha value is -0.240. The Morgan fingerprint density at radius 2 is 2.00 bits per heavy atom. The molecule has 0 heterocycles. The summed E-state index contributed by atoms with van der Waals surface area (Å²) in [4.78, 5) is 1.52. The molecule has 0 amide bonds. The highest BCUT2D eigenvalue weighted by Gasteiger charge is 2.05. The Labute approximate surface area is 64.6 Å². The van der Waals surface area contributed by atoms with Crippen LogP contribution in [0.2, 0.25) is 0 Å². The highest BCUT2D eigenvalue weighted by molar-refractivity contribution is 7.89. The van der Waals surface area contributed by atoms with Crippen LogP contribution in [0.25, 0.3) is 0 Å². The lowest BCUT2D eigenvalue weighted by Gasteiger charge is -2.09. The molecule has 0 aromatic rings. The predicted molar refractivity (Wildman–Crippen MR) is 38.6 cm³/mol. The second-order valence-corrected chi connectivity index (χ2v) is 3.76. The Kier molecular flexibility index (Phi) is 5.30. The second kappa shape index (κ2) is 5.42. The van der Waals surface area contributed by atoms with Gasteiger partial charge in [-0.25, -0.2) is 8.42 Å². The van der Waals surface area contributed by atoms with E-state index in [1.54, 1.807) is 0 Å². The summed E-state index contributed by atoms with van der Waals surface area (Å²) in [6.45, 7) is -0.541. The zero-order valence-corrected chi connectivity index (χ0v) is 6.66. The maximum Gasteiger partial charge on any atom is 0.223 e. The summed E-state index contributed by atoms with van der Waals surface area (Å²) < 4.78 is 32.7. The van der Waals surface area contributed by atoms with Crippen molar-refractivity contribution in [3.05, 3.63) is 5.21 Å². The van der Waals surface area contributed by atoms with Crippen LogP contribution in [-0.2, 0) is 10.0 Å². The first-order valence-electron chi connectivity index (χ1n) is 3.05. The number of sulfonamides is 1. The van der Waals surface area contributed by atoms with Crippen LogP contribution in [0.5, 0.6) is 0 Å². The Balaban J connectivity index is 3.56. The summed E-state index contributed by atoms with van der Waals surface area (Å²) in [5.41, 5.74) is 1.05. The van der Waals surface area contributed by atoms with Crippen LogP contribution >= 0.6 is 0 Å². The molecule has 0 bridgehead atoms. The van der Waals surface area contributed by atoms with E-state index in [9.17, 15) is 18.0 Å². The van der Waals surface area contributed by atoms with Crippen molar-refractivity contribution in [3.63, 3.8) is 0 Å². The van der Waals surface area contributed by atoms with Gasteiger partial charge in [0.1, 0.15) is 0 Å². The SMILES string of the molecule is O=S(=O)(CCCCF)NN[O-]. The zero-order chi connectivity index (χ0) is 8.74. The van der Waals surface area contributed by atoms with Crippen molar-refractivity contribution in [2.45, 2.75) is 12.8 Å². The topological polar surface area (TPSA) is 81.3 Å². The summed E-state index contributed by atoms with van der Waals surface area (Å²) >= 11 is 0. The molecule has 0 saturated heterocycles. The van der Waals surface area contributed by atoms with E-state index in [1.807, 2.05) is 0 Å². The van der Waals surface area contributed by atoms with E-state index in [4.69, 9.17) is 0 Å². The summed E-state index contributed by atoms with van der Waals surface area (Å²) in [5, 5.41) is 9.56. The molecule has 5 nitrogen and oxygen atoms in total.